The molecule has 2 heterocycles. The Morgan fingerprint density at radius 2 is 2.04 bits per heavy atom. The summed E-state index contributed by atoms with van der Waals surface area (Å²) >= 11 is 7.40. The van der Waals surface area contributed by atoms with Crippen molar-refractivity contribution >= 4 is 29.0 Å². The smallest absolute Gasteiger partial charge is 0.317 e. The topological polar surface area (TPSA) is 50.8 Å². The van der Waals surface area contributed by atoms with Gasteiger partial charge in [-0.3, -0.25) is 0 Å². The molecule has 0 saturated heterocycles. The minimum Gasteiger partial charge on any atom is -0.486 e. The summed E-state index contributed by atoms with van der Waals surface area (Å²) in [4.78, 5) is 15.0. The molecular formula is C17H19ClN2O3S. The number of fused-ring (bicyclic) bond motifs is 1. The highest BCUT2D eigenvalue weighted by atomic mass is 35.5. The summed E-state index contributed by atoms with van der Waals surface area (Å²) in [5.41, 5.74) is 0.972. The lowest BCUT2D eigenvalue weighted by Crippen LogP contribution is -2.38. The monoisotopic (exact) mass is 366 g/mol. The molecule has 2 amide bonds. The highest BCUT2D eigenvalue weighted by Crippen LogP contribution is 2.32. The fraction of sp³-hybridized carbons (Fsp3) is 0.353. The predicted molar refractivity (Wildman–Crippen MR) is 95.2 cm³/mol. The van der Waals surface area contributed by atoms with E-state index in [-0.39, 0.29) is 12.1 Å². The maximum atomic E-state index is 12.4. The molecule has 128 valence electrons. The average Bonchev–Trinajstić information content (AvgIpc) is 2.99. The quantitative estimate of drug-likeness (QED) is 0.887. The summed E-state index contributed by atoms with van der Waals surface area (Å²) in [6, 6.07) is 9.23. The Balaban J connectivity index is 1.61. The molecule has 0 bridgehead atoms. The van der Waals surface area contributed by atoms with Gasteiger partial charge >= 0.3 is 6.03 Å². The van der Waals surface area contributed by atoms with Crippen LogP contribution in [0, 0.1) is 0 Å². The highest BCUT2D eigenvalue weighted by molar-refractivity contribution is 7.16. The van der Waals surface area contributed by atoms with E-state index in [1.54, 1.807) is 11.9 Å². The van der Waals surface area contributed by atoms with Gasteiger partial charge < -0.3 is 19.7 Å². The van der Waals surface area contributed by atoms with Crippen LogP contribution >= 0.6 is 22.9 Å². The van der Waals surface area contributed by atoms with Gasteiger partial charge in [-0.1, -0.05) is 17.7 Å². The van der Waals surface area contributed by atoms with Crippen LogP contribution in [0.15, 0.2) is 30.3 Å². The van der Waals surface area contributed by atoms with E-state index >= 15 is 0 Å². The van der Waals surface area contributed by atoms with Crippen molar-refractivity contribution in [1.29, 1.82) is 0 Å². The van der Waals surface area contributed by atoms with Gasteiger partial charge in [0.2, 0.25) is 0 Å². The summed E-state index contributed by atoms with van der Waals surface area (Å²) in [5, 5.41) is 2.99. The molecule has 0 radical (unpaired) electrons. The molecule has 24 heavy (non-hydrogen) atoms. The number of carbonyl (C=O) groups is 1. The Hall–Kier alpha value is -1.92. The number of hydrogen-bond donors (Lipinski definition) is 1. The van der Waals surface area contributed by atoms with E-state index in [1.807, 2.05) is 37.3 Å². The summed E-state index contributed by atoms with van der Waals surface area (Å²) in [7, 11) is 1.76. The molecule has 0 saturated carbocycles. The zero-order valence-corrected chi connectivity index (χ0v) is 15.1. The number of benzene rings is 1. The Labute approximate surface area is 150 Å². The van der Waals surface area contributed by atoms with Crippen LogP contribution in [0.3, 0.4) is 0 Å². The lowest BCUT2D eigenvalue weighted by molar-refractivity contribution is 0.171. The van der Waals surface area contributed by atoms with Gasteiger partial charge in [-0.15, -0.1) is 11.3 Å². The molecule has 1 aliphatic heterocycles. The number of halogens is 1. The van der Waals surface area contributed by atoms with E-state index in [4.69, 9.17) is 21.1 Å². The standard InChI is InChI=1S/C17H19ClN2O3S/c1-11(12-3-5-14-15(9-12)23-8-7-22-14)19-17(21)20(2)10-13-4-6-16(18)24-13/h3-6,9,11H,7-8,10H2,1-2H3,(H,19,21). The Morgan fingerprint density at radius 3 is 2.75 bits per heavy atom. The summed E-state index contributed by atoms with van der Waals surface area (Å²) in [5.74, 6) is 1.47. The van der Waals surface area contributed by atoms with Crippen molar-refractivity contribution in [2.24, 2.45) is 0 Å². The molecule has 5 nitrogen and oxygen atoms in total. The van der Waals surface area contributed by atoms with Crippen molar-refractivity contribution in [1.82, 2.24) is 10.2 Å². The molecule has 1 aromatic carbocycles. The SMILES string of the molecule is CC(NC(=O)N(C)Cc1ccc(Cl)s1)c1ccc2c(c1)OCCO2. The van der Waals surface area contributed by atoms with Gasteiger partial charge in [-0.25, -0.2) is 4.79 Å². The van der Waals surface area contributed by atoms with Crippen molar-refractivity contribution in [3.63, 3.8) is 0 Å². The highest BCUT2D eigenvalue weighted by Gasteiger charge is 2.17. The third kappa shape index (κ3) is 3.94. The first-order chi connectivity index (χ1) is 11.5. The largest absolute Gasteiger partial charge is 0.486 e. The maximum absolute atomic E-state index is 12.4. The summed E-state index contributed by atoms with van der Waals surface area (Å²) in [6.07, 6.45) is 0. The molecule has 1 atom stereocenters. The van der Waals surface area contributed by atoms with E-state index in [0.717, 1.165) is 26.3 Å². The zero-order valence-electron chi connectivity index (χ0n) is 13.5. The van der Waals surface area contributed by atoms with E-state index in [1.165, 1.54) is 11.3 Å². The third-order valence-corrected chi connectivity index (χ3v) is 4.99. The second kappa shape index (κ2) is 7.32. The van der Waals surface area contributed by atoms with E-state index in [9.17, 15) is 4.79 Å². The third-order valence-electron chi connectivity index (χ3n) is 3.77. The van der Waals surface area contributed by atoms with Gasteiger partial charge in [0.15, 0.2) is 11.5 Å². The lowest BCUT2D eigenvalue weighted by Gasteiger charge is -2.23. The van der Waals surface area contributed by atoms with Gasteiger partial charge in [0.25, 0.3) is 0 Å². The van der Waals surface area contributed by atoms with Gasteiger partial charge in [-0.2, -0.15) is 0 Å². The molecule has 0 aliphatic carbocycles. The number of amides is 2. The Kier molecular flexibility index (Phi) is 5.16. The van der Waals surface area contributed by atoms with Crippen LogP contribution in [0.5, 0.6) is 11.5 Å². The Morgan fingerprint density at radius 1 is 1.29 bits per heavy atom. The zero-order chi connectivity index (χ0) is 17.1. The van der Waals surface area contributed by atoms with Gasteiger partial charge in [0.05, 0.1) is 16.9 Å². The molecule has 7 heteroatoms. The lowest BCUT2D eigenvalue weighted by atomic mass is 10.1. The second-order valence-electron chi connectivity index (χ2n) is 5.64. The molecule has 3 rings (SSSR count). The fourth-order valence-corrected chi connectivity index (χ4v) is 3.59. The van der Waals surface area contributed by atoms with Crippen LogP contribution in [0.1, 0.15) is 23.4 Å². The van der Waals surface area contributed by atoms with Gasteiger partial charge in [0, 0.05) is 11.9 Å². The normalized spacial score (nSPS) is 14.1. The van der Waals surface area contributed by atoms with Crippen molar-refractivity contribution in [2.45, 2.75) is 19.5 Å². The second-order valence-corrected chi connectivity index (χ2v) is 7.44. The van der Waals surface area contributed by atoms with Crippen molar-refractivity contribution < 1.29 is 14.3 Å². The first kappa shape index (κ1) is 16.9. The first-order valence-electron chi connectivity index (χ1n) is 7.68. The molecule has 0 fully saturated rings. The van der Waals surface area contributed by atoms with Crippen LogP contribution in [0.25, 0.3) is 0 Å². The number of hydrogen-bond acceptors (Lipinski definition) is 4. The number of rotatable bonds is 4. The van der Waals surface area contributed by atoms with E-state index in [2.05, 4.69) is 5.32 Å². The number of carbonyl (C=O) groups excluding carboxylic acids is 1. The number of nitrogens with zero attached hydrogens (tertiary/aromatic N) is 1. The van der Waals surface area contributed by atoms with Crippen LogP contribution < -0.4 is 14.8 Å². The predicted octanol–water partition coefficient (Wildman–Crippen LogP) is 4.08. The van der Waals surface area contributed by atoms with Crippen LogP contribution in [-0.4, -0.2) is 31.2 Å². The van der Waals surface area contributed by atoms with E-state index in [0.29, 0.717) is 19.8 Å². The first-order valence-corrected chi connectivity index (χ1v) is 8.88. The average molecular weight is 367 g/mol. The molecule has 0 spiro atoms. The molecule has 1 aromatic heterocycles. The number of ether oxygens (including phenoxy) is 2. The molecule has 1 aliphatic rings. The fourth-order valence-electron chi connectivity index (χ4n) is 2.45. The van der Waals surface area contributed by atoms with Crippen molar-refractivity contribution in [3.05, 3.63) is 45.1 Å². The molecule has 1 unspecified atom stereocenters. The number of thiophene rings is 1. The minimum absolute atomic E-state index is 0.136. The maximum Gasteiger partial charge on any atom is 0.317 e. The molecule has 1 N–H and O–H groups in total. The van der Waals surface area contributed by atoms with Gasteiger partial charge in [0.1, 0.15) is 13.2 Å². The summed E-state index contributed by atoms with van der Waals surface area (Å²) in [6.45, 7) is 3.58. The molecular weight excluding hydrogens is 348 g/mol. The van der Waals surface area contributed by atoms with Gasteiger partial charge in [-0.05, 0) is 36.8 Å². The number of nitrogens with one attached hydrogen (secondary N) is 1. The van der Waals surface area contributed by atoms with Crippen molar-refractivity contribution in [2.75, 3.05) is 20.3 Å². The van der Waals surface area contributed by atoms with Crippen LogP contribution in [0.2, 0.25) is 4.34 Å². The molecule has 2 aromatic rings. The van der Waals surface area contributed by atoms with Crippen LogP contribution in [-0.2, 0) is 6.54 Å². The van der Waals surface area contributed by atoms with E-state index < -0.39 is 0 Å². The van der Waals surface area contributed by atoms with Crippen LogP contribution in [0.4, 0.5) is 4.79 Å². The summed E-state index contributed by atoms with van der Waals surface area (Å²) < 4.78 is 11.8. The number of urea groups is 1. The van der Waals surface area contributed by atoms with Crippen molar-refractivity contribution in [3.8, 4) is 11.5 Å². The minimum atomic E-state index is -0.137. The Bertz CT molecular complexity index is 734.